The highest BCUT2D eigenvalue weighted by atomic mass is 19.1. The Morgan fingerprint density at radius 3 is 2.88 bits per heavy atom. The number of pyridine rings is 1. The molecule has 2 saturated heterocycles. The van der Waals surface area contributed by atoms with Crippen LogP contribution in [0.1, 0.15) is 34.8 Å². The fraction of sp³-hybridized carbons (Fsp3) is 0.474. The van der Waals surface area contributed by atoms with Crippen molar-refractivity contribution in [3.05, 3.63) is 41.3 Å². The molecule has 1 aromatic heterocycles. The quantitative estimate of drug-likeness (QED) is 0.909. The Morgan fingerprint density at radius 2 is 2.16 bits per heavy atom. The van der Waals surface area contributed by atoms with Crippen molar-refractivity contribution >= 4 is 16.8 Å². The average molecular weight is 341 g/mol. The Hall–Kier alpha value is -2.05. The van der Waals surface area contributed by atoms with E-state index in [0.717, 1.165) is 31.6 Å². The molecule has 1 amide bonds. The van der Waals surface area contributed by atoms with Crippen molar-refractivity contribution < 1.29 is 13.9 Å². The zero-order chi connectivity index (χ0) is 17.0. The van der Waals surface area contributed by atoms with Gasteiger partial charge in [0.05, 0.1) is 24.2 Å². The molecular formula is C19H20FN3O2. The molecule has 2 aromatic rings. The number of aromatic nitrogens is 1. The molecule has 0 atom stereocenters. The standard InChI is InChI=1S/C19H20FN3O2/c20-13-3-4-16-14(7-13)15(8-17(22-16)12-1-2-12)18(24)23-5-6-25-19(11-23)9-21-10-19/h3-4,7-8,12,21H,1-2,5-6,9-11H2. The number of halogens is 1. The second kappa shape index (κ2) is 5.47. The molecular weight excluding hydrogens is 321 g/mol. The summed E-state index contributed by atoms with van der Waals surface area (Å²) >= 11 is 0. The van der Waals surface area contributed by atoms with Gasteiger partial charge in [0.2, 0.25) is 0 Å². The third-order valence-corrected chi connectivity index (χ3v) is 5.45. The van der Waals surface area contributed by atoms with Crippen LogP contribution in [-0.4, -0.2) is 54.2 Å². The highest BCUT2D eigenvalue weighted by Crippen LogP contribution is 2.40. The zero-order valence-corrected chi connectivity index (χ0v) is 13.9. The third kappa shape index (κ3) is 2.60. The third-order valence-electron chi connectivity index (χ3n) is 5.45. The molecule has 130 valence electrons. The molecule has 25 heavy (non-hydrogen) atoms. The van der Waals surface area contributed by atoms with Gasteiger partial charge in [0.25, 0.3) is 5.91 Å². The number of rotatable bonds is 2. The molecule has 1 spiro atoms. The summed E-state index contributed by atoms with van der Waals surface area (Å²) in [5, 5.41) is 3.82. The number of carbonyl (C=O) groups is 1. The Bertz CT molecular complexity index is 861. The topological polar surface area (TPSA) is 54.5 Å². The lowest BCUT2D eigenvalue weighted by Crippen LogP contribution is -2.69. The first-order chi connectivity index (χ1) is 12.1. The lowest BCUT2D eigenvalue weighted by molar-refractivity contribution is -0.126. The number of hydrogen-bond donors (Lipinski definition) is 1. The molecule has 6 heteroatoms. The van der Waals surface area contributed by atoms with E-state index in [4.69, 9.17) is 4.74 Å². The second-order valence-electron chi connectivity index (χ2n) is 7.39. The van der Waals surface area contributed by atoms with E-state index < -0.39 is 0 Å². The van der Waals surface area contributed by atoms with E-state index in [1.165, 1.54) is 12.1 Å². The fourth-order valence-electron chi connectivity index (χ4n) is 3.79. The molecule has 1 aromatic carbocycles. The van der Waals surface area contributed by atoms with E-state index in [9.17, 15) is 9.18 Å². The van der Waals surface area contributed by atoms with Gasteiger partial charge in [0.1, 0.15) is 11.4 Å². The smallest absolute Gasteiger partial charge is 0.254 e. The summed E-state index contributed by atoms with van der Waals surface area (Å²) in [5.74, 6) is 0.0477. The predicted octanol–water partition coefficient (Wildman–Crippen LogP) is 2.07. The molecule has 3 aliphatic rings. The summed E-state index contributed by atoms with van der Waals surface area (Å²) in [5.41, 5.74) is 1.97. The van der Waals surface area contributed by atoms with Gasteiger partial charge >= 0.3 is 0 Å². The number of benzene rings is 1. The average Bonchev–Trinajstić information content (AvgIpc) is 3.44. The Labute approximate surface area is 145 Å². The number of hydrogen-bond acceptors (Lipinski definition) is 4. The number of morpholine rings is 1. The molecule has 1 aliphatic carbocycles. The maximum Gasteiger partial charge on any atom is 0.254 e. The lowest BCUT2D eigenvalue weighted by atomic mass is 9.94. The van der Waals surface area contributed by atoms with Crippen molar-refractivity contribution in [2.24, 2.45) is 0 Å². The van der Waals surface area contributed by atoms with Crippen molar-refractivity contribution in [2.45, 2.75) is 24.4 Å². The van der Waals surface area contributed by atoms with Crippen molar-refractivity contribution in [3.8, 4) is 0 Å². The first-order valence-electron chi connectivity index (χ1n) is 8.88. The van der Waals surface area contributed by atoms with Crippen LogP contribution >= 0.6 is 0 Å². The highest BCUT2D eigenvalue weighted by molar-refractivity contribution is 6.06. The van der Waals surface area contributed by atoms with E-state index in [-0.39, 0.29) is 17.3 Å². The normalized spacial score (nSPS) is 22.2. The summed E-state index contributed by atoms with van der Waals surface area (Å²) in [6.45, 7) is 3.24. The van der Waals surface area contributed by atoms with Gasteiger partial charge in [-0.05, 0) is 37.1 Å². The predicted molar refractivity (Wildman–Crippen MR) is 91.1 cm³/mol. The minimum Gasteiger partial charge on any atom is -0.369 e. The van der Waals surface area contributed by atoms with Crippen LogP contribution in [0.25, 0.3) is 10.9 Å². The van der Waals surface area contributed by atoms with Crippen LogP contribution in [-0.2, 0) is 4.74 Å². The van der Waals surface area contributed by atoms with Crippen LogP contribution in [0.15, 0.2) is 24.3 Å². The van der Waals surface area contributed by atoms with E-state index in [0.29, 0.717) is 42.1 Å². The molecule has 3 heterocycles. The minimum atomic E-state index is -0.343. The van der Waals surface area contributed by atoms with Crippen molar-refractivity contribution in [1.82, 2.24) is 15.2 Å². The number of nitrogens with one attached hydrogen (secondary N) is 1. The monoisotopic (exact) mass is 341 g/mol. The molecule has 0 radical (unpaired) electrons. The second-order valence-corrected chi connectivity index (χ2v) is 7.39. The van der Waals surface area contributed by atoms with Crippen molar-refractivity contribution in [3.63, 3.8) is 0 Å². The number of nitrogens with zero attached hydrogens (tertiary/aromatic N) is 2. The number of carbonyl (C=O) groups excluding carboxylic acids is 1. The van der Waals surface area contributed by atoms with Crippen LogP contribution < -0.4 is 5.32 Å². The fourth-order valence-corrected chi connectivity index (χ4v) is 3.79. The van der Waals surface area contributed by atoms with Crippen molar-refractivity contribution in [2.75, 3.05) is 32.8 Å². The van der Waals surface area contributed by atoms with E-state index in [1.54, 1.807) is 6.07 Å². The first kappa shape index (κ1) is 15.2. The zero-order valence-electron chi connectivity index (χ0n) is 13.9. The van der Waals surface area contributed by atoms with Crippen LogP contribution in [0.5, 0.6) is 0 Å². The number of ether oxygens (including phenoxy) is 1. The van der Waals surface area contributed by atoms with Gasteiger partial charge < -0.3 is 15.0 Å². The first-order valence-corrected chi connectivity index (χ1v) is 8.88. The van der Waals surface area contributed by atoms with Crippen LogP contribution in [0.3, 0.4) is 0 Å². The van der Waals surface area contributed by atoms with E-state index >= 15 is 0 Å². The number of fused-ring (bicyclic) bond motifs is 1. The lowest BCUT2D eigenvalue weighted by Gasteiger charge is -2.48. The molecule has 0 unspecified atom stereocenters. The molecule has 1 N–H and O–H groups in total. The SMILES string of the molecule is O=C(c1cc(C2CC2)nc2ccc(F)cc12)N1CCOC2(CNC2)C1. The molecule has 1 saturated carbocycles. The molecule has 5 rings (SSSR count). The summed E-state index contributed by atoms with van der Waals surface area (Å²) < 4.78 is 19.7. The van der Waals surface area contributed by atoms with Gasteiger partial charge in [-0.3, -0.25) is 9.78 Å². The Kier molecular flexibility index (Phi) is 3.33. The van der Waals surface area contributed by atoms with Crippen molar-refractivity contribution in [1.29, 1.82) is 0 Å². The maximum atomic E-state index is 13.8. The maximum absolute atomic E-state index is 13.8. The number of amides is 1. The summed E-state index contributed by atoms with van der Waals surface area (Å²) in [7, 11) is 0. The molecule has 3 fully saturated rings. The summed E-state index contributed by atoms with van der Waals surface area (Å²) in [6.07, 6.45) is 2.22. The summed E-state index contributed by atoms with van der Waals surface area (Å²) in [6, 6.07) is 6.38. The van der Waals surface area contributed by atoms with Crippen LogP contribution in [0, 0.1) is 5.82 Å². The van der Waals surface area contributed by atoms with Gasteiger partial charge in [-0.1, -0.05) is 0 Å². The Balaban J connectivity index is 1.56. The van der Waals surface area contributed by atoms with Crippen LogP contribution in [0.4, 0.5) is 4.39 Å². The van der Waals surface area contributed by atoms with Crippen LogP contribution in [0.2, 0.25) is 0 Å². The van der Waals surface area contributed by atoms with Gasteiger partial charge in [-0.25, -0.2) is 4.39 Å². The summed E-state index contributed by atoms with van der Waals surface area (Å²) in [4.78, 5) is 19.7. The van der Waals surface area contributed by atoms with Gasteiger partial charge in [0.15, 0.2) is 0 Å². The molecule has 0 bridgehead atoms. The minimum absolute atomic E-state index is 0.0468. The van der Waals surface area contributed by atoms with E-state index in [2.05, 4.69) is 10.3 Å². The van der Waals surface area contributed by atoms with Gasteiger partial charge in [0, 0.05) is 36.6 Å². The highest BCUT2D eigenvalue weighted by Gasteiger charge is 2.43. The largest absolute Gasteiger partial charge is 0.369 e. The molecule has 5 nitrogen and oxygen atoms in total. The molecule has 2 aliphatic heterocycles. The van der Waals surface area contributed by atoms with Gasteiger partial charge in [-0.15, -0.1) is 0 Å². The Morgan fingerprint density at radius 1 is 1.32 bits per heavy atom. The van der Waals surface area contributed by atoms with Gasteiger partial charge in [-0.2, -0.15) is 0 Å². The van der Waals surface area contributed by atoms with E-state index in [1.807, 2.05) is 11.0 Å².